The van der Waals surface area contributed by atoms with Crippen LogP contribution in [0.3, 0.4) is 0 Å². The Kier molecular flexibility index (Phi) is 9.79. The summed E-state index contributed by atoms with van der Waals surface area (Å²) in [5.74, 6) is -0.0351. The van der Waals surface area contributed by atoms with Crippen molar-refractivity contribution in [2.24, 2.45) is 5.92 Å². The van der Waals surface area contributed by atoms with E-state index in [0.717, 1.165) is 42.1 Å². The van der Waals surface area contributed by atoms with Crippen molar-refractivity contribution in [3.05, 3.63) is 60.2 Å². The molecule has 0 radical (unpaired) electrons. The van der Waals surface area contributed by atoms with Gasteiger partial charge in [-0.25, -0.2) is 13.2 Å². The largest absolute Gasteiger partial charge is 0.443 e. The maximum absolute atomic E-state index is 13.8. The highest BCUT2D eigenvalue weighted by molar-refractivity contribution is 7.89. The second kappa shape index (κ2) is 13.5. The van der Waals surface area contributed by atoms with Crippen LogP contribution in [-0.2, 0) is 35.5 Å². The lowest BCUT2D eigenvalue weighted by molar-refractivity contribution is -0.145. The quantitative estimate of drug-likeness (QED) is 0.319. The first kappa shape index (κ1) is 29.7. The first-order chi connectivity index (χ1) is 19.8. The number of hydrogen-bond acceptors (Lipinski definition) is 9. The highest BCUT2D eigenvalue weighted by Gasteiger charge is 2.44. The van der Waals surface area contributed by atoms with Crippen molar-refractivity contribution in [2.45, 2.75) is 74.1 Å². The Morgan fingerprint density at radius 1 is 1.10 bits per heavy atom. The number of anilines is 1. The average Bonchev–Trinajstić information content (AvgIpc) is 3.74. The van der Waals surface area contributed by atoms with Gasteiger partial charge in [-0.1, -0.05) is 53.7 Å². The van der Waals surface area contributed by atoms with Crippen LogP contribution in [0.15, 0.2) is 59.5 Å². The lowest BCUT2D eigenvalue weighted by Crippen LogP contribution is -2.51. The number of ether oxygens (including phenoxy) is 3. The average molecular weight is 590 g/mol. The molecule has 41 heavy (non-hydrogen) atoms. The van der Waals surface area contributed by atoms with Crippen LogP contribution >= 0.6 is 0 Å². The Morgan fingerprint density at radius 2 is 1.88 bits per heavy atom. The molecule has 0 spiro atoms. The van der Waals surface area contributed by atoms with Gasteiger partial charge in [0, 0.05) is 12.7 Å². The molecule has 3 N–H and O–H groups in total. The molecule has 1 saturated carbocycles. The summed E-state index contributed by atoms with van der Waals surface area (Å²) in [5, 5.41) is 17.2. The Hall–Kier alpha value is -2.74. The van der Waals surface area contributed by atoms with Crippen LogP contribution < -0.4 is 10.6 Å². The highest BCUT2D eigenvalue weighted by Crippen LogP contribution is 2.33. The molecule has 224 valence electrons. The number of nitrogens with one attached hydrogen (secondary N) is 2. The Morgan fingerprint density at radius 3 is 2.63 bits per heavy atom. The smallest absolute Gasteiger partial charge is 0.407 e. The van der Waals surface area contributed by atoms with Gasteiger partial charge in [-0.2, -0.15) is 0 Å². The van der Waals surface area contributed by atoms with Crippen molar-refractivity contribution in [1.29, 1.82) is 0 Å². The SMILES string of the molecule is CNc1cccc(S(=O)(=O)N(C[C@@H](O)[C@H](Cc2ccccc2)NC(=O)O[C@H]2CO[C@H]3OCC[C@H]32)OC2CCCC2)c1. The number of carbonyl (C=O) groups is 1. The summed E-state index contributed by atoms with van der Waals surface area (Å²) in [4.78, 5) is 19.1. The van der Waals surface area contributed by atoms with Gasteiger partial charge in [0.2, 0.25) is 0 Å². The lowest BCUT2D eigenvalue weighted by atomic mass is 10.0. The van der Waals surface area contributed by atoms with E-state index in [1.54, 1.807) is 19.2 Å². The van der Waals surface area contributed by atoms with E-state index in [-0.39, 0.29) is 42.8 Å². The second-order valence-electron chi connectivity index (χ2n) is 10.8. The first-order valence-corrected chi connectivity index (χ1v) is 15.7. The number of rotatable bonds is 12. The molecule has 5 rings (SSSR count). The van der Waals surface area contributed by atoms with E-state index in [1.165, 1.54) is 12.1 Å². The molecule has 0 unspecified atom stereocenters. The van der Waals surface area contributed by atoms with Gasteiger partial charge in [0.1, 0.15) is 6.10 Å². The molecule has 2 heterocycles. The number of fused-ring (bicyclic) bond motifs is 1. The zero-order valence-corrected chi connectivity index (χ0v) is 24.0. The molecular weight excluding hydrogens is 550 g/mol. The molecule has 1 aliphatic carbocycles. The van der Waals surface area contributed by atoms with E-state index in [0.29, 0.717) is 12.3 Å². The molecule has 0 bridgehead atoms. The monoisotopic (exact) mass is 589 g/mol. The van der Waals surface area contributed by atoms with E-state index in [4.69, 9.17) is 19.0 Å². The summed E-state index contributed by atoms with van der Waals surface area (Å²) in [6.45, 7) is 0.405. The minimum atomic E-state index is -4.14. The molecule has 2 aromatic carbocycles. The number of benzene rings is 2. The fraction of sp³-hybridized carbons (Fsp3) is 0.552. The van der Waals surface area contributed by atoms with Crippen molar-refractivity contribution in [1.82, 2.24) is 9.79 Å². The van der Waals surface area contributed by atoms with Gasteiger partial charge in [-0.3, -0.25) is 4.84 Å². The predicted molar refractivity (Wildman–Crippen MR) is 150 cm³/mol. The molecule has 5 atom stereocenters. The van der Waals surface area contributed by atoms with Gasteiger partial charge < -0.3 is 30.0 Å². The zero-order valence-electron chi connectivity index (χ0n) is 23.2. The molecule has 0 aromatic heterocycles. The number of aliphatic hydroxyl groups is 1. The number of carbonyl (C=O) groups excluding carboxylic acids is 1. The van der Waals surface area contributed by atoms with Crippen LogP contribution in [0.5, 0.6) is 0 Å². The Bertz CT molecular complexity index is 1260. The topological polar surface area (TPSA) is 136 Å². The molecule has 11 nitrogen and oxygen atoms in total. The fourth-order valence-electron chi connectivity index (χ4n) is 5.59. The van der Waals surface area contributed by atoms with Crippen LogP contribution in [0.1, 0.15) is 37.7 Å². The van der Waals surface area contributed by atoms with Crippen molar-refractivity contribution < 1.29 is 37.4 Å². The molecule has 2 aliphatic heterocycles. The summed E-state index contributed by atoms with van der Waals surface area (Å²) in [5.41, 5.74) is 1.49. The predicted octanol–water partition coefficient (Wildman–Crippen LogP) is 3.05. The maximum Gasteiger partial charge on any atom is 0.407 e. The molecule has 3 aliphatic rings. The third-order valence-electron chi connectivity index (χ3n) is 7.90. The Balaban J connectivity index is 1.34. The van der Waals surface area contributed by atoms with E-state index in [1.807, 2.05) is 30.3 Å². The third-order valence-corrected chi connectivity index (χ3v) is 9.52. The van der Waals surface area contributed by atoms with Crippen molar-refractivity contribution in [3.63, 3.8) is 0 Å². The summed E-state index contributed by atoms with van der Waals surface area (Å²) in [7, 11) is -2.44. The van der Waals surface area contributed by atoms with E-state index < -0.39 is 34.4 Å². The summed E-state index contributed by atoms with van der Waals surface area (Å²) in [6, 6.07) is 14.9. The summed E-state index contributed by atoms with van der Waals surface area (Å²) in [6.07, 6.45) is 1.20. The van der Waals surface area contributed by atoms with E-state index >= 15 is 0 Å². The maximum atomic E-state index is 13.8. The minimum Gasteiger partial charge on any atom is -0.443 e. The number of amides is 1. The van der Waals surface area contributed by atoms with Crippen LogP contribution in [-0.4, -0.2) is 81.5 Å². The number of hydrogen-bond donors (Lipinski definition) is 3. The number of aliphatic hydroxyl groups excluding tert-OH is 1. The molecular formula is C29H39N3O8S. The molecule has 2 aromatic rings. The van der Waals surface area contributed by atoms with E-state index in [2.05, 4.69) is 10.6 Å². The second-order valence-corrected chi connectivity index (χ2v) is 12.6. The Labute approximate surface area is 241 Å². The standard InChI is InChI=1S/C29H39N3O8S/c1-30-21-10-7-13-23(17-21)41(35,36)32(40-22-11-5-6-12-22)18-26(33)25(16-20-8-3-2-4-9-20)31-29(34)39-27-19-38-28-24(27)14-15-37-28/h2-4,7-10,13,17,22,24-28,30,33H,5-6,11-12,14-16,18-19H2,1H3,(H,31,34)/t24-,25-,26+,27-,28+/m0/s1. The third kappa shape index (κ3) is 7.37. The van der Waals surface area contributed by atoms with Crippen molar-refractivity contribution >= 4 is 21.8 Å². The van der Waals surface area contributed by atoms with Crippen LogP contribution in [0.2, 0.25) is 0 Å². The number of hydroxylamine groups is 1. The van der Waals surface area contributed by atoms with Gasteiger partial charge in [0.25, 0.3) is 10.0 Å². The van der Waals surface area contributed by atoms with Gasteiger partial charge in [0.05, 0.1) is 48.8 Å². The minimum absolute atomic E-state index is 0.0351. The fourth-order valence-corrected chi connectivity index (χ4v) is 6.93. The van der Waals surface area contributed by atoms with E-state index in [9.17, 15) is 18.3 Å². The molecule has 1 amide bonds. The first-order valence-electron chi connectivity index (χ1n) is 14.2. The number of sulfonamides is 1. The van der Waals surface area contributed by atoms with Gasteiger partial charge in [-0.05, 0) is 49.4 Å². The van der Waals surface area contributed by atoms with Gasteiger partial charge >= 0.3 is 6.09 Å². The van der Waals surface area contributed by atoms with Gasteiger partial charge in [-0.15, -0.1) is 0 Å². The zero-order chi connectivity index (χ0) is 28.8. The van der Waals surface area contributed by atoms with Crippen LogP contribution in [0.4, 0.5) is 10.5 Å². The van der Waals surface area contributed by atoms with Crippen LogP contribution in [0, 0.1) is 5.92 Å². The molecule has 12 heteroatoms. The number of nitrogens with zero attached hydrogens (tertiary/aromatic N) is 1. The molecule has 2 saturated heterocycles. The van der Waals surface area contributed by atoms with Crippen molar-refractivity contribution in [2.75, 3.05) is 32.1 Å². The van der Waals surface area contributed by atoms with Crippen LogP contribution in [0.25, 0.3) is 0 Å². The summed E-state index contributed by atoms with van der Waals surface area (Å²) >= 11 is 0. The van der Waals surface area contributed by atoms with Gasteiger partial charge in [0.15, 0.2) is 6.29 Å². The molecule has 3 fully saturated rings. The lowest BCUT2D eigenvalue weighted by Gasteiger charge is -2.31. The number of alkyl carbamates (subject to hydrolysis) is 1. The summed E-state index contributed by atoms with van der Waals surface area (Å²) < 4.78 is 45.2. The van der Waals surface area contributed by atoms with Crippen molar-refractivity contribution in [3.8, 4) is 0 Å². The highest BCUT2D eigenvalue weighted by atomic mass is 32.2. The normalized spacial score (nSPS) is 24.2.